The number of anilines is 12. The quantitative estimate of drug-likeness (QED) is 0.101. The van der Waals surface area contributed by atoms with Crippen LogP contribution in [0.1, 0.15) is 33.4 Å². The zero-order valence-electron chi connectivity index (χ0n) is 57.0. The van der Waals surface area contributed by atoms with Crippen LogP contribution in [-0.4, -0.2) is 0 Å². The lowest BCUT2D eigenvalue weighted by Crippen LogP contribution is -2.11. The van der Waals surface area contributed by atoms with Crippen molar-refractivity contribution in [1.82, 2.24) is 0 Å². The van der Waals surface area contributed by atoms with Gasteiger partial charge >= 0.3 is 0 Å². The van der Waals surface area contributed by atoms with Crippen LogP contribution in [0.3, 0.4) is 0 Å². The average Bonchev–Trinajstić information content (AvgIpc) is 0.721. The number of hydrogen-bond acceptors (Lipinski definition) is 6. The van der Waals surface area contributed by atoms with Crippen LogP contribution >= 0.6 is 0 Å². The van der Waals surface area contributed by atoms with Crippen LogP contribution in [0.15, 0.2) is 340 Å². The molecule has 0 spiro atoms. The highest BCUT2D eigenvalue weighted by atomic mass is 15.2. The molecule has 17 aromatic rings. The van der Waals surface area contributed by atoms with Gasteiger partial charge in [-0.1, -0.05) is 168 Å². The first-order valence-corrected chi connectivity index (χ1v) is 34.6. The SMILES string of the molecule is Cc1ccc(N(c2ccc(C)cc2)c2ccc(-c3c4ccc(N(c5ccccc5)c5ccc6cc7cc(C#N)ccc7cc6c5)cc4c(-c4ccc(N(c5ccc(C)cc5)c5ccc(C)cc5)cc4)c4ccc(N(c5ccccc5)c5ccc6cc7cc(C#N)ccc7cc6c5)cc34)cc2)cc1. The van der Waals surface area contributed by atoms with Crippen molar-refractivity contribution in [1.29, 1.82) is 10.5 Å². The summed E-state index contributed by atoms with van der Waals surface area (Å²) in [5.74, 6) is 0. The first-order valence-electron chi connectivity index (χ1n) is 34.6. The summed E-state index contributed by atoms with van der Waals surface area (Å²) in [5.41, 5.74) is 23.0. The third-order valence-electron chi connectivity index (χ3n) is 20.0. The van der Waals surface area contributed by atoms with E-state index in [2.05, 4.69) is 375 Å². The van der Waals surface area contributed by atoms with E-state index in [1.807, 2.05) is 24.3 Å². The Morgan fingerprint density at radius 2 is 0.441 bits per heavy atom. The summed E-state index contributed by atoms with van der Waals surface area (Å²) < 4.78 is 0. The summed E-state index contributed by atoms with van der Waals surface area (Å²) in [6, 6.07) is 128. The minimum atomic E-state index is 0.644. The van der Waals surface area contributed by atoms with Crippen molar-refractivity contribution in [3.8, 4) is 34.4 Å². The highest BCUT2D eigenvalue weighted by Gasteiger charge is 2.25. The van der Waals surface area contributed by atoms with Gasteiger partial charge in [0, 0.05) is 68.2 Å². The number of para-hydroxylation sites is 2. The maximum Gasteiger partial charge on any atom is 0.0991 e. The summed E-state index contributed by atoms with van der Waals surface area (Å²) in [4.78, 5) is 9.46. The minimum Gasteiger partial charge on any atom is -0.311 e. The predicted molar refractivity (Wildman–Crippen MR) is 429 cm³/mol. The largest absolute Gasteiger partial charge is 0.311 e. The second kappa shape index (κ2) is 26.0. The molecule has 0 atom stereocenters. The van der Waals surface area contributed by atoms with Crippen LogP contribution in [0.5, 0.6) is 0 Å². The van der Waals surface area contributed by atoms with E-state index < -0.39 is 0 Å². The summed E-state index contributed by atoms with van der Waals surface area (Å²) in [7, 11) is 0. The molecule has 482 valence electrons. The summed E-state index contributed by atoms with van der Waals surface area (Å²) >= 11 is 0. The zero-order valence-corrected chi connectivity index (χ0v) is 57.0. The van der Waals surface area contributed by atoms with E-state index in [-0.39, 0.29) is 0 Å². The molecule has 0 unspecified atom stereocenters. The van der Waals surface area contributed by atoms with E-state index >= 15 is 0 Å². The van der Waals surface area contributed by atoms with Gasteiger partial charge in [-0.3, -0.25) is 0 Å². The van der Waals surface area contributed by atoms with E-state index in [1.165, 1.54) is 22.3 Å². The van der Waals surface area contributed by atoms with Crippen molar-refractivity contribution in [2.75, 3.05) is 19.6 Å². The molecule has 0 saturated heterocycles. The Morgan fingerprint density at radius 3 is 0.755 bits per heavy atom. The van der Waals surface area contributed by atoms with Gasteiger partial charge in [0.15, 0.2) is 0 Å². The fourth-order valence-corrected chi connectivity index (χ4v) is 14.8. The number of nitrogens with zero attached hydrogens (tertiary/aromatic N) is 6. The molecule has 17 aromatic carbocycles. The lowest BCUT2D eigenvalue weighted by atomic mass is 9.85. The maximum absolute atomic E-state index is 9.84. The normalized spacial score (nSPS) is 11.3. The molecule has 6 nitrogen and oxygen atoms in total. The van der Waals surface area contributed by atoms with Crippen LogP contribution in [0.4, 0.5) is 68.2 Å². The highest BCUT2D eigenvalue weighted by molar-refractivity contribution is 6.23. The van der Waals surface area contributed by atoms with Crippen LogP contribution in [0, 0.1) is 50.4 Å². The molecule has 0 fully saturated rings. The van der Waals surface area contributed by atoms with Crippen molar-refractivity contribution < 1.29 is 0 Å². The molecule has 0 N–H and O–H groups in total. The highest BCUT2D eigenvalue weighted by Crippen LogP contribution is 2.51. The molecular weight excluding hydrogens is 1240 g/mol. The van der Waals surface area contributed by atoms with E-state index in [0.29, 0.717) is 11.1 Å². The van der Waals surface area contributed by atoms with Gasteiger partial charge in [-0.15, -0.1) is 0 Å². The third kappa shape index (κ3) is 11.7. The van der Waals surface area contributed by atoms with E-state index in [1.54, 1.807) is 0 Å². The van der Waals surface area contributed by atoms with Crippen molar-refractivity contribution in [3.63, 3.8) is 0 Å². The Balaban J connectivity index is 0.926. The Morgan fingerprint density at radius 1 is 0.196 bits per heavy atom. The Labute approximate surface area is 594 Å². The van der Waals surface area contributed by atoms with Crippen LogP contribution in [-0.2, 0) is 0 Å². The summed E-state index contributed by atoms with van der Waals surface area (Å²) in [6.45, 7) is 8.55. The summed E-state index contributed by atoms with van der Waals surface area (Å²) in [5, 5.41) is 32.7. The Hall–Kier alpha value is -13.5. The number of nitriles is 2. The second-order valence-corrected chi connectivity index (χ2v) is 26.8. The van der Waals surface area contributed by atoms with Crippen LogP contribution in [0.25, 0.3) is 86.9 Å². The molecule has 0 heterocycles. The van der Waals surface area contributed by atoms with E-state index in [9.17, 15) is 10.5 Å². The second-order valence-electron chi connectivity index (χ2n) is 26.8. The summed E-state index contributed by atoms with van der Waals surface area (Å²) in [6.07, 6.45) is 0. The van der Waals surface area contributed by atoms with Crippen LogP contribution in [0.2, 0.25) is 0 Å². The average molecular weight is 1310 g/mol. The van der Waals surface area contributed by atoms with Gasteiger partial charge in [0.1, 0.15) is 0 Å². The Bertz CT molecular complexity index is 5680. The van der Waals surface area contributed by atoms with Gasteiger partial charge in [0.05, 0.1) is 23.3 Å². The number of hydrogen-bond donors (Lipinski definition) is 0. The fourth-order valence-electron chi connectivity index (χ4n) is 14.8. The van der Waals surface area contributed by atoms with Gasteiger partial charge < -0.3 is 19.6 Å². The number of benzene rings is 17. The lowest BCUT2D eigenvalue weighted by Gasteiger charge is -2.29. The molecular formula is C96H68N6. The van der Waals surface area contributed by atoms with Crippen molar-refractivity contribution in [3.05, 3.63) is 373 Å². The number of fused-ring (bicyclic) bond motifs is 6. The van der Waals surface area contributed by atoms with Gasteiger partial charge in [0.25, 0.3) is 0 Å². The van der Waals surface area contributed by atoms with E-state index in [4.69, 9.17) is 0 Å². The molecule has 0 bridgehead atoms. The molecule has 0 saturated carbocycles. The maximum atomic E-state index is 9.84. The minimum absolute atomic E-state index is 0.644. The van der Waals surface area contributed by atoms with Crippen molar-refractivity contribution in [2.24, 2.45) is 0 Å². The molecule has 102 heavy (non-hydrogen) atoms. The van der Waals surface area contributed by atoms with Crippen molar-refractivity contribution in [2.45, 2.75) is 27.7 Å². The molecule has 0 radical (unpaired) electrons. The standard InChI is InChI=1S/C96H68N6/c1-63-15-33-81(34-16-63)99(82-35-17-64(2)18-36-82)85-41-27-69(28-42-85)95-91-49-47-90(102(80-13-9-6-10-14-80)88-46-32-74-54-76-52-68(62-98)24-26-72(76)56-78(74)58-88)60-94(91)96(70-29-43-86(44-30-70)100(83-37-19-65(3)20-38-83)84-39-21-66(4)22-40-84)92-50-48-89(59-93(92)95)101(79-11-7-5-8-12-79)87-45-31-73-53-75-51-67(61-97)23-25-71(75)55-77(73)57-87/h5-60H,1-4H3. The third-order valence-corrected chi connectivity index (χ3v) is 20.0. The lowest BCUT2D eigenvalue weighted by molar-refractivity contribution is 1.27. The van der Waals surface area contributed by atoms with E-state index in [0.717, 1.165) is 155 Å². The number of aryl methyl sites for hydroxylation is 4. The zero-order chi connectivity index (χ0) is 69.0. The predicted octanol–water partition coefficient (Wildman–Crippen LogP) is 26.8. The number of rotatable bonds is 14. The van der Waals surface area contributed by atoms with Crippen molar-refractivity contribution >= 4 is 133 Å². The molecule has 17 rings (SSSR count). The van der Waals surface area contributed by atoms with Gasteiger partial charge in [0.2, 0.25) is 0 Å². The Kier molecular flexibility index (Phi) is 15.8. The fraction of sp³-hybridized carbons (Fsp3) is 0.0417. The smallest absolute Gasteiger partial charge is 0.0991 e. The molecule has 0 aliphatic carbocycles. The molecule has 6 heteroatoms. The van der Waals surface area contributed by atoms with Crippen LogP contribution < -0.4 is 19.6 Å². The molecule has 0 aliphatic heterocycles. The monoisotopic (exact) mass is 1300 g/mol. The first kappa shape index (κ1) is 62.0. The van der Waals surface area contributed by atoms with Gasteiger partial charge in [-0.2, -0.15) is 10.5 Å². The molecule has 0 aromatic heterocycles. The van der Waals surface area contributed by atoms with Gasteiger partial charge in [-0.25, -0.2) is 0 Å². The van der Waals surface area contributed by atoms with Gasteiger partial charge in [-0.05, 0) is 309 Å². The topological polar surface area (TPSA) is 60.5 Å². The molecule has 0 aliphatic rings. The molecule has 0 amide bonds. The first-order chi connectivity index (χ1) is 50.0.